The average molecular weight is 287 g/mol. The van der Waals surface area contributed by atoms with Crippen molar-refractivity contribution in [3.8, 4) is 12.0 Å². The van der Waals surface area contributed by atoms with Gasteiger partial charge in [-0.25, -0.2) is 10.8 Å². The fraction of sp³-hybridized carbons (Fsp3) is 0.417. The summed E-state index contributed by atoms with van der Waals surface area (Å²) in [7, 11) is 0. The molecule has 0 unspecified atom stereocenters. The maximum Gasteiger partial charge on any atom is 0.243 e. The van der Waals surface area contributed by atoms with E-state index in [1.165, 1.54) is 0 Å². The SMILES string of the molecule is CC(C)N(CCC#N)c1nc(NN)nc(-n2ccnc2)n1. The normalized spacial score (nSPS) is 10.4. The van der Waals surface area contributed by atoms with Gasteiger partial charge in [0.05, 0.1) is 12.5 Å². The number of hydrogen-bond donors (Lipinski definition) is 2. The minimum Gasteiger partial charge on any atom is -0.337 e. The van der Waals surface area contributed by atoms with Crippen LogP contribution in [0.5, 0.6) is 0 Å². The van der Waals surface area contributed by atoms with Gasteiger partial charge in [0.25, 0.3) is 0 Å². The molecule has 110 valence electrons. The fourth-order valence-electron chi connectivity index (χ4n) is 1.80. The summed E-state index contributed by atoms with van der Waals surface area (Å²) in [5.41, 5.74) is 2.43. The highest BCUT2D eigenvalue weighted by Crippen LogP contribution is 2.15. The van der Waals surface area contributed by atoms with E-state index in [2.05, 4.69) is 31.4 Å². The monoisotopic (exact) mass is 287 g/mol. The summed E-state index contributed by atoms with van der Waals surface area (Å²) in [6, 6.07) is 2.27. The standard InChI is InChI=1S/C12H17N9/c1-9(2)21(6-3-4-13)12-17-10(19-14)16-11(18-12)20-7-5-15-8-20/h5,7-9H,3,6,14H2,1-2H3,(H,16,17,18,19). The summed E-state index contributed by atoms with van der Waals surface area (Å²) in [5, 5.41) is 8.77. The summed E-state index contributed by atoms with van der Waals surface area (Å²) in [6.45, 7) is 4.55. The number of rotatable bonds is 6. The molecule has 0 amide bonds. The lowest BCUT2D eigenvalue weighted by molar-refractivity contribution is 0.660. The van der Waals surface area contributed by atoms with Crippen LogP contribution < -0.4 is 16.2 Å². The van der Waals surface area contributed by atoms with Gasteiger partial charge in [-0.15, -0.1) is 0 Å². The molecule has 2 heterocycles. The van der Waals surface area contributed by atoms with Crippen LogP contribution in [0.4, 0.5) is 11.9 Å². The molecule has 9 nitrogen and oxygen atoms in total. The van der Waals surface area contributed by atoms with Crippen molar-refractivity contribution >= 4 is 11.9 Å². The number of anilines is 2. The first kappa shape index (κ1) is 14.7. The minimum absolute atomic E-state index is 0.141. The molecule has 0 aliphatic carbocycles. The Kier molecular flexibility index (Phi) is 4.63. The Morgan fingerprint density at radius 1 is 1.43 bits per heavy atom. The Hall–Kier alpha value is -2.73. The van der Waals surface area contributed by atoms with Crippen LogP contribution in [0.15, 0.2) is 18.7 Å². The van der Waals surface area contributed by atoms with E-state index in [1.807, 2.05) is 18.7 Å². The fourth-order valence-corrected chi connectivity index (χ4v) is 1.80. The molecule has 0 bridgehead atoms. The van der Waals surface area contributed by atoms with Gasteiger partial charge in [0.1, 0.15) is 6.33 Å². The third kappa shape index (κ3) is 3.43. The van der Waals surface area contributed by atoms with Gasteiger partial charge in [-0.1, -0.05) is 0 Å². The first-order chi connectivity index (χ1) is 10.2. The summed E-state index contributed by atoms with van der Waals surface area (Å²) in [5.74, 6) is 6.55. The molecule has 2 aromatic rings. The Bertz CT molecular complexity index is 614. The summed E-state index contributed by atoms with van der Waals surface area (Å²) >= 11 is 0. The molecular formula is C12H17N9. The lowest BCUT2D eigenvalue weighted by atomic mass is 10.3. The molecular weight excluding hydrogens is 270 g/mol. The van der Waals surface area contributed by atoms with Crippen molar-refractivity contribution in [3.05, 3.63) is 18.7 Å². The van der Waals surface area contributed by atoms with Gasteiger partial charge in [-0.05, 0) is 13.8 Å². The Morgan fingerprint density at radius 2 is 2.24 bits per heavy atom. The van der Waals surface area contributed by atoms with Crippen molar-refractivity contribution in [1.29, 1.82) is 5.26 Å². The number of nitrogen functional groups attached to an aromatic ring is 1. The third-order valence-corrected chi connectivity index (χ3v) is 2.82. The highest BCUT2D eigenvalue weighted by Gasteiger charge is 2.16. The lowest BCUT2D eigenvalue weighted by Crippen LogP contribution is -2.34. The molecule has 3 N–H and O–H groups in total. The molecule has 0 aliphatic rings. The van der Waals surface area contributed by atoms with Crippen molar-refractivity contribution in [1.82, 2.24) is 24.5 Å². The molecule has 0 spiro atoms. The maximum atomic E-state index is 8.77. The van der Waals surface area contributed by atoms with Gasteiger partial charge in [0, 0.05) is 25.0 Å². The van der Waals surface area contributed by atoms with E-state index in [0.717, 1.165) is 0 Å². The number of hydrogen-bond acceptors (Lipinski definition) is 8. The summed E-state index contributed by atoms with van der Waals surface area (Å²) in [4.78, 5) is 18.8. The molecule has 0 aromatic carbocycles. The number of nitriles is 1. The van der Waals surface area contributed by atoms with Crippen LogP contribution in [-0.2, 0) is 0 Å². The minimum atomic E-state index is 0.141. The van der Waals surface area contributed by atoms with Crippen LogP contribution in [0.1, 0.15) is 20.3 Å². The molecule has 0 aliphatic heterocycles. The molecule has 21 heavy (non-hydrogen) atoms. The third-order valence-electron chi connectivity index (χ3n) is 2.82. The van der Waals surface area contributed by atoms with E-state index in [9.17, 15) is 0 Å². The zero-order valence-electron chi connectivity index (χ0n) is 11.9. The topological polar surface area (TPSA) is 122 Å². The second kappa shape index (κ2) is 6.62. The summed E-state index contributed by atoms with van der Waals surface area (Å²) in [6.07, 6.45) is 5.34. The molecule has 2 rings (SSSR count). The van der Waals surface area contributed by atoms with Crippen LogP contribution in [0.25, 0.3) is 5.95 Å². The zero-order chi connectivity index (χ0) is 15.2. The van der Waals surface area contributed by atoms with E-state index >= 15 is 0 Å². The number of nitrogens with zero attached hydrogens (tertiary/aromatic N) is 7. The largest absolute Gasteiger partial charge is 0.337 e. The Balaban J connectivity index is 2.42. The van der Waals surface area contributed by atoms with Crippen molar-refractivity contribution in [2.24, 2.45) is 5.84 Å². The zero-order valence-corrected chi connectivity index (χ0v) is 11.9. The van der Waals surface area contributed by atoms with Gasteiger partial charge in [0.15, 0.2) is 0 Å². The highest BCUT2D eigenvalue weighted by atomic mass is 15.4. The highest BCUT2D eigenvalue weighted by molar-refractivity contribution is 5.40. The van der Waals surface area contributed by atoms with Gasteiger partial charge in [0.2, 0.25) is 17.8 Å². The number of nitrogens with two attached hydrogens (primary N) is 1. The molecule has 9 heteroatoms. The van der Waals surface area contributed by atoms with Crippen molar-refractivity contribution < 1.29 is 0 Å². The van der Waals surface area contributed by atoms with Crippen LogP contribution in [0.3, 0.4) is 0 Å². The predicted octanol–water partition coefficient (Wildman–Crippen LogP) is 0.471. The number of nitrogens with one attached hydrogen (secondary N) is 1. The molecule has 0 radical (unpaired) electrons. The molecule has 0 atom stereocenters. The molecule has 2 aromatic heterocycles. The Morgan fingerprint density at radius 3 is 2.81 bits per heavy atom. The number of imidazole rings is 1. The maximum absolute atomic E-state index is 8.77. The first-order valence-corrected chi connectivity index (χ1v) is 6.50. The van der Waals surface area contributed by atoms with E-state index in [1.54, 1.807) is 23.3 Å². The number of aromatic nitrogens is 5. The van der Waals surface area contributed by atoms with Crippen molar-refractivity contribution in [3.63, 3.8) is 0 Å². The van der Waals surface area contributed by atoms with Gasteiger partial charge < -0.3 is 4.90 Å². The van der Waals surface area contributed by atoms with Crippen LogP contribution in [-0.4, -0.2) is 37.1 Å². The van der Waals surface area contributed by atoms with Crippen LogP contribution in [0, 0.1) is 11.3 Å². The van der Waals surface area contributed by atoms with Gasteiger partial charge in [-0.3, -0.25) is 9.99 Å². The first-order valence-electron chi connectivity index (χ1n) is 6.50. The molecule has 0 saturated heterocycles. The quantitative estimate of drug-likeness (QED) is 0.581. The predicted molar refractivity (Wildman–Crippen MR) is 77.5 cm³/mol. The van der Waals surface area contributed by atoms with E-state index in [-0.39, 0.29) is 12.0 Å². The molecule has 0 saturated carbocycles. The molecule has 0 fully saturated rings. The van der Waals surface area contributed by atoms with Crippen LogP contribution in [0.2, 0.25) is 0 Å². The van der Waals surface area contributed by atoms with Gasteiger partial charge >= 0.3 is 0 Å². The van der Waals surface area contributed by atoms with Gasteiger partial charge in [-0.2, -0.15) is 20.2 Å². The lowest BCUT2D eigenvalue weighted by Gasteiger charge is -2.26. The van der Waals surface area contributed by atoms with Crippen LogP contribution >= 0.6 is 0 Å². The van der Waals surface area contributed by atoms with E-state index < -0.39 is 0 Å². The van der Waals surface area contributed by atoms with Crippen molar-refractivity contribution in [2.45, 2.75) is 26.3 Å². The summed E-state index contributed by atoms with van der Waals surface area (Å²) < 4.78 is 1.66. The Labute approximate surface area is 122 Å². The van der Waals surface area contributed by atoms with E-state index in [4.69, 9.17) is 11.1 Å². The van der Waals surface area contributed by atoms with Crippen molar-refractivity contribution in [2.75, 3.05) is 16.9 Å². The second-order valence-electron chi connectivity index (χ2n) is 4.57. The van der Waals surface area contributed by atoms with E-state index in [0.29, 0.717) is 24.9 Å². The average Bonchev–Trinajstić information content (AvgIpc) is 3.01. The number of hydrazine groups is 1. The smallest absolute Gasteiger partial charge is 0.243 e. The second-order valence-corrected chi connectivity index (χ2v) is 4.57.